The molecule has 0 aliphatic heterocycles. The van der Waals surface area contributed by atoms with E-state index in [2.05, 4.69) is 118 Å². The molecule has 0 rings (SSSR count). The molecule has 378 valence electrons. The van der Waals surface area contributed by atoms with Crippen molar-refractivity contribution in [3.8, 4) is 0 Å². The second-order valence-corrected chi connectivity index (χ2v) is 17.6. The van der Waals surface area contributed by atoms with Gasteiger partial charge in [0, 0.05) is 19.3 Å². The Morgan fingerprint density at radius 1 is 0.299 bits per heavy atom. The van der Waals surface area contributed by atoms with Crippen molar-refractivity contribution in [2.75, 3.05) is 13.2 Å². The molecule has 6 nitrogen and oxygen atoms in total. The topological polar surface area (TPSA) is 78.9 Å². The molecule has 0 aliphatic carbocycles. The molecular weight excluding hydrogens is 829 g/mol. The maximum absolute atomic E-state index is 12.8. The van der Waals surface area contributed by atoms with Crippen LogP contribution in [0.2, 0.25) is 0 Å². The maximum atomic E-state index is 12.8. The van der Waals surface area contributed by atoms with Crippen molar-refractivity contribution >= 4 is 17.9 Å². The molecule has 0 aromatic carbocycles. The first-order valence-electron chi connectivity index (χ1n) is 27.2. The molecule has 0 amide bonds. The number of rotatable bonds is 47. The summed E-state index contributed by atoms with van der Waals surface area (Å²) < 4.78 is 16.8. The van der Waals surface area contributed by atoms with Gasteiger partial charge in [0.2, 0.25) is 0 Å². The Balaban J connectivity index is 4.54. The Kier molecular flexibility index (Phi) is 51.0. The molecule has 0 radical (unpaired) electrons. The smallest absolute Gasteiger partial charge is 0.306 e. The van der Waals surface area contributed by atoms with Crippen molar-refractivity contribution in [2.24, 2.45) is 0 Å². The Morgan fingerprint density at radius 2 is 0.582 bits per heavy atom. The Hall–Kier alpha value is -4.19. The quantitative estimate of drug-likeness (QED) is 0.0199. The van der Waals surface area contributed by atoms with Gasteiger partial charge in [0.1, 0.15) is 13.2 Å². The zero-order valence-corrected chi connectivity index (χ0v) is 43.1. The molecule has 0 heterocycles. The lowest BCUT2D eigenvalue weighted by molar-refractivity contribution is -0.167. The van der Waals surface area contributed by atoms with Crippen LogP contribution in [0.3, 0.4) is 0 Å². The van der Waals surface area contributed by atoms with Gasteiger partial charge in [0.25, 0.3) is 0 Å². The van der Waals surface area contributed by atoms with Gasteiger partial charge >= 0.3 is 17.9 Å². The fourth-order valence-electron chi connectivity index (χ4n) is 7.01. The Labute approximate surface area is 412 Å². The molecule has 0 aromatic rings. The van der Waals surface area contributed by atoms with Gasteiger partial charge in [-0.2, -0.15) is 0 Å². The van der Waals surface area contributed by atoms with Crippen LogP contribution >= 0.6 is 0 Å². The number of hydrogen-bond donors (Lipinski definition) is 0. The Bertz CT molecular complexity index is 1440. The van der Waals surface area contributed by atoms with E-state index in [-0.39, 0.29) is 37.5 Å². The predicted molar refractivity (Wildman–Crippen MR) is 288 cm³/mol. The molecule has 0 N–H and O–H groups in total. The largest absolute Gasteiger partial charge is 0.462 e. The summed E-state index contributed by atoms with van der Waals surface area (Å²) >= 11 is 0. The maximum Gasteiger partial charge on any atom is 0.306 e. The van der Waals surface area contributed by atoms with Crippen LogP contribution in [0.1, 0.15) is 226 Å². The second kappa shape index (κ2) is 54.4. The molecule has 0 spiro atoms. The lowest BCUT2D eigenvalue weighted by Gasteiger charge is -2.18. The van der Waals surface area contributed by atoms with Crippen LogP contribution < -0.4 is 0 Å². The number of carbonyl (C=O) groups excluding carboxylic acids is 3. The van der Waals surface area contributed by atoms with Crippen LogP contribution in [-0.4, -0.2) is 37.2 Å². The highest BCUT2D eigenvalue weighted by Gasteiger charge is 2.19. The monoisotopic (exact) mass is 927 g/mol. The molecule has 0 fully saturated rings. The molecule has 0 saturated carbocycles. The summed E-state index contributed by atoms with van der Waals surface area (Å²) in [6.45, 7) is 6.44. The first-order valence-corrected chi connectivity index (χ1v) is 27.2. The first kappa shape index (κ1) is 62.8. The number of esters is 3. The van der Waals surface area contributed by atoms with Gasteiger partial charge in [0.05, 0.1) is 0 Å². The van der Waals surface area contributed by atoms with Crippen molar-refractivity contribution in [3.05, 3.63) is 122 Å². The molecule has 0 aromatic heterocycles. The SMILES string of the molecule is CCC\C=C/C=C\C=C/C=C\C=C/CCCCCCCC(=O)OCC(COC(=O)CCCCC/C=C\CCCCCCCC)OC(=O)CCCCCCC\C=C/C=C\C=C/C=C\CCCCC. The first-order chi connectivity index (χ1) is 33.0. The van der Waals surface area contributed by atoms with E-state index in [0.717, 1.165) is 122 Å². The minimum absolute atomic E-state index is 0.108. The van der Waals surface area contributed by atoms with Gasteiger partial charge in [-0.05, 0) is 89.9 Å². The van der Waals surface area contributed by atoms with Crippen molar-refractivity contribution in [3.63, 3.8) is 0 Å². The summed E-state index contributed by atoms with van der Waals surface area (Å²) in [5.74, 6) is -0.976. The van der Waals surface area contributed by atoms with Gasteiger partial charge in [0.15, 0.2) is 6.10 Å². The van der Waals surface area contributed by atoms with Gasteiger partial charge < -0.3 is 14.2 Å². The van der Waals surface area contributed by atoms with Crippen LogP contribution in [0.4, 0.5) is 0 Å². The van der Waals surface area contributed by atoms with Crippen LogP contribution in [0.25, 0.3) is 0 Å². The van der Waals surface area contributed by atoms with Crippen LogP contribution in [-0.2, 0) is 28.6 Å². The Morgan fingerprint density at radius 3 is 0.985 bits per heavy atom. The molecule has 0 saturated heterocycles. The fourth-order valence-corrected chi connectivity index (χ4v) is 7.01. The zero-order chi connectivity index (χ0) is 48.6. The number of allylic oxidation sites excluding steroid dienone is 20. The fraction of sp³-hybridized carbons (Fsp3) is 0.623. The average Bonchev–Trinajstić information content (AvgIpc) is 3.33. The van der Waals surface area contributed by atoms with Gasteiger partial charge in [-0.25, -0.2) is 0 Å². The average molecular weight is 927 g/mol. The van der Waals surface area contributed by atoms with Crippen molar-refractivity contribution in [1.82, 2.24) is 0 Å². The number of hydrogen-bond acceptors (Lipinski definition) is 6. The summed E-state index contributed by atoms with van der Waals surface area (Å²) in [5, 5.41) is 0. The third-order valence-corrected chi connectivity index (χ3v) is 11.1. The minimum atomic E-state index is -0.811. The molecule has 67 heavy (non-hydrogen) atoms. The molecule has 1 atom stereocenters. The third kappa shape index (κ3) is 52.6. The normalized spacial score (nSPS) is 13.1. The zero-order valence-electron chi connectivity index (χ0n) is 43.1. The second-order valence-electron chi connectivity index (χ2n) is 17.6. The van der Waals surface area contributed by atoms with E-state index in [0.29, 0.717) is 12.8 Å². The van der Waals surface area contributed by atoms with Crippen LogP contribution in [0.5, 0.6) is 0 Å². The number of ether oxygens (including phenoxy) is 3. The highest BCUT2D eigenvalue weighted by Crippen LogP contribution is 2.13. The lowest BCUT2D eigenvalue weighted by atomic mass is 10.1. The summed E-state index contributed by atoms with van der Waals surface area (Å²) in [5.41, 5.74) is 0. The molecule has 6 heteroatoms. The summed E-state index contributed by atoms with van der Waals surface area (Å²) in [7, 11) is 0. The van der Waals surface area contributed by atoms with Gasteiger partial charge in [-0.15, -0.1) is 0 Å². The predicted octanol–water partition coefficient (Wildman–Crippen LogP) is 18.1. The third-order valence-electron chi connectivity index (χ3n) is 11.1. The van der Waals surface area contributed by atoms with E-state index in [4.69, 9.17) is 14.2 Å². The van der Waals surface area contributed by atoms with E-state index in [9.17, 15) is 14.4 Å². The molecule has 0 aliphatic rings. The summed E-state index contributed by atoms with van der Waals surface area (Å²) in [4.78, 5) is 38.1. The van der Waals surface area contributed by atoms with Gasteiger partial charge in [-0.3, -0.25) is 14.4 Å². The summed E-state index contributed by atoms with van der Waals surface area (Å²) in [6, 6.07) is 0. The lowest BCUT2D eigenvalue weighted by Crippen LogP contribution is -2.30. The van der Waals surface area contributed by atoms with Crippen molar-refractivity contribution < 1.29 is 28.6 Å². The number of unbranched alkanes of at least 4 members (excludes halogenated alkanes) is 23. The van der Waals surface area contributed by atoms with Crippen molar-refractivity contribution in [2.45, 2.75) is 232 Å². The van der Waals surface area contributed by atoms with E-state index in [1.807, 2.05) is 24.3 Å². The molecular formula is C61H98O6. The van der Waals surface area contributed by atoms with Crippen molar-refractivity contribution in [1.29, 1.82) is 0 Å². The van der Waals surface area contributed by atoms with Crippen LogP contribution in [0, 0.1) is 0 Å². The van der Waals surface area contributed by atoms with Crippen LogP contribution in [0.15, 0.2) is 122 Å². The van der Waals surface area contributed by atoms with Gasteiger partial charge in [-0.1, -0.05) is 239 Å². The molecule has 0 bridgehead atoms. The molecule has 1 unspecified atom stereocenters. The minimum Gasteiger partial charge on any atom is -0.462 e. The van der Waals surface area contributed by atoms with E-state index < -0.39 is 6.10 Å². The van der Waals surface area contributed by atoms with E-state index in [1.54, 1.807) is 0 Å². The van der Waals surface area contributed by atoms with E-state index >= 15 is 0 Å². The highest BCUT2D eigenvalue weighted by molar-refractivity contribution is 5.71. The number of carbonyl (C=O) groups is 3. The standard InChI is InChI=1S/C61H98O6/c1-4-7-10-13-16-19-22-25-27-29-31-33-36-39-42-45-48-51-54-60(63)66-57-58(56-65-59(62)53-50-47-44-41-38-35-24-21-18-15-12-9-6-3)67-61(64)55-52-49-46-43-40-37-34-32-30-28-26-23-20-17-14-11-8-5-2/h10,13,16-17,19-20,22-23,25-35,38,58H,4-9,11-12,14-15,18,21,24,36-37,39-57H2,1-3H3/b13-10-,19-16-,20-17-,25-22-,26-23-,29-27-,30-28-,33-31-,34-32-,38-35-. The highest BCUT2D eigenvalue weighted by atomic mass is 16.6. The van der Waals surface area contributed by atoms with E-state index in [1.165, 1.54) is 64.2 Å². The summed E-state index contributed by atoms with van der Waals surface area (Å²) in [6.07, 6.45) is 74.5.